The molecule has 0 aromatic heterocycles. The van der Waals surface area contributed by atoms with Crippen molar-refractivity contribution in [3.05, 3.63) is 39.0 Å². The third-order valence-corrected chi connectivity index (χ3v) is 4.27. The zero-order chi connectivity index (χ0) is 19.4. The van der Waals surface area contributed by atoms with Crippen LogP contribution >= 0.6 is 23.2 Å². The highest BCUT2D eigenvalue weighted by atomic mass is 35.5. The van der Waals surface area contributed by atoms with Crippen LogP contribution in [0.25, 0.3) is 0 Å². The van der Waals surface area contributed by atoms with E-state index in [-0.39, 0.29) is 6.10 Å². The van der Waals surface area contributed by atoms with Crippen LogP contribution in [0.1, 0.15) is 45.7 Å². The molecule has 1 aliphatic heterocycles. The Bertz CT molecular complexity index is 724. The summed E-state index contributed by atoms with van der Waals surface area (Å²) in [7, 11) is 0. The molecule has 0 spiro atoms. The van der Waals surface area contributed by atoms with Gasteiger partial charge < -0.3 is 20.1 Å². The van der Waals surface area contributed by atoms with Crippen LogP contribution in [0.15, 0.2) is 23.4 Å². The monoisotopic (exact) mass is 400 g/mol. The molecule has 2 rings (SSSR count). The fourth-order valence-corrected chi connectivity index (χ4v) is 3.31. The lowest BCUT2D eigenvalue weighted by atomic mass is 9.94. The molecule has 1 aliphatic rings. The first-order valence-corrected chi connectivity index (χ1v) is 9.17. The Morgan fingerprint density at radius 2 is 1.85 bits per heavy atom. The van der Waals surface area contributed by atoms with E-state index in [4.69, 9.17) is 32.7 Å². The highest BCUT2D eigenvalue weighted by molar-refractivity contribution is 6.37. The van der Waals surface area contributed by atoms with E-state index < -0.39 is 18.0 Å². The summed E-state index contributed by atoms with van der Waals surface area (Å²) in [6.07, 6.45) is 0.171. The van der Waals surface area contributed by atoms with Crippen molar-refractivity contribution in [3.8, 4) is 5.75 Å². The molecule has 2 amide bonds. The zero-order valence-corrected chi connectivity index (χ0v) is 16.6. The molecule has 1 atom stereocenters. The number of urea groups is 1. The molecule has 8 heteroatoms. The predicted molar refractivity (Wildman–Crippen MR) is 101 cm³/mol. The van der Waals surface area contributed by atoms with Crippen molar-refractivity contribution in [1.29, 1.82) is 0 Å². The summed E-state index contributed by atoms with van der Waals surface area (Å²) in [6, 6.07) is 2.12. The summed E-state index contributed by atoms with van der Waals surface area (Å²) in [6.45, 7) is 7.61. The molecule has 0 fully saturated rings. The van der Waals surface area contributed by atoms with E-state index in [9.17, 15) is 9.59 Å². The number of rotatable bonds is 6. The minimum absolute atomic E-state index is 0.293. The lowest BCUT2D eigenvalue weighted by molar-refractivity contribution is -0.143. The molecule has 0 saturated heterocycles. The molecule has 1 aromatic carbocycles. The second-order valence-electron chi connectivity index (χ2n) is 5.98. The Balaban J connectivity index is 2.53. The Hall–Kier alpha value is -1.92. The summed E-state index contributed by atoms with van der Waals surface area (Å²) in [5.41, 5.74) is 1.41. The minimum atomic E-state index is -0.726. The Kier molecular flexibility index (Phi) is 6.78. The summed E-state index contributed by atoms with van der Waals surface area (Å²) < 4.78 is 10.8. The van der Waals surface area contributed by atoms with E-state index in [0.29, 0.717) is 45.7 Å². The minimum Gasteiger partial charge on any atom is -0.491 e. The van der Waals surface area contributed by atoms with Gasteiger partial charge in [0.15, 0.2) is 5.75 Å². The zero-order valence-electron chi connectivity index (χ0n) is 15.1. The molecule has 1 heterocycles. The average molecular weight is 401 g/mol. The molecule has 0 aliphatic carbocycles. The Morgan fingerprint density at radius 1 is 1.23 bits per heavy atom. The molecule has 6 nitrogen and oxygen atoms in total. The van der Waals surface area contributed by atoms with Crippen molar-refractivity contribution in [3.63, 3.8) is 0 Å². The maximum atomic E-state index is 12.6. The first-order valence-electron chi connectivity index (χ1n) is 8.41. The SMILES string of the molecule is CCOc1c(Cl)cc(C2NC(=O)NC(CC)=C2C(=O)OC(C)C)cc1Cl. The summed E-state index contributed by atoms with van der Waals surface area (Å²) >= 11 is 12.6. The number of allylic oxidation sites excluding steroid dienone is 1. The van der Waals surface area contributed by atoms with Gasteiger partial charge in [-0.3, -0.25) is 0 Å². The fraction of sp³-hybridized carbons (Fsp3) is 0.444. The second kappa shape index (κ2) is 8.64. The number of esters is 1. The summed E-state index contributed by atoms with van der Waals surface area (Å²) in [5, 5.41) is 6.01. The van der Waals surface area contributed by atoms with E-state index in [1.54, 1.807) is 26.0 Å². The number of halogens is 2. The fourth-order valence-electron chi connectivity index (χ4n) is 2.69. The highest BCUT2D eigenvalue weighted by Crippen LogP contribution is 2.38. The van der Waals surface area contributed by atoms with Crippen LogP contribution < -0.4 is 15.4 Å². The largest absolute Gasteiger partial charge is 0.491 e. The molecule has 2 N–H and O–H groups in total. The normalized spacial score (nSPS) is 17.0. The first-order chi connectivity index (χ1) is 12.3. The van der Waals surface area contributed by atoms with Gasteiger partial charge in [0.2, 0.25) is 0 Å². The van der Waals surface area contributed by atoms with Gasteiger partial charge in [0.25, 0.3) is 0 Å². The van der Waals surface area contributed by atoms with E-state index in [1.165, 1.54) is 0 Å². The van der Waals surface area contributed by atoms with Crippen LogP contribution in [-0.2, 0) is 9.53 Å². The third-order valence-electron chi connectivity index (χ3n) is 3.71. The smallest absolute Gasteiger partial charge is 0.338 e. The van der Waals surface area contributed by atoms with Gasteiger partial charge >= 0.3 is 12.0 Å². The van der Waals surface area contributed by atoms with Crippen molar-refractivity contribution in [1.82, 2.24) is 10.6 Å². The van der Waals surface area contributed by atoms with Crippen LogP contribution in [0, 0.1) is 0 Å². The molecule has 142 valence electrons. The summed E-state index contributed by atoms with van der Waals surface area (Å²) in [4.78, 5) is 24.7. The quantitative estimate of drug-likeness (QED) is 0.695. The molecule has 0 bridgehead atoms. The number of carbonyl (C=O) groups is 2. The topological polar surface area (TPSA) is 76.7 Å². The third kappa shape index (κ3) is 4.43. The van der Waals surface area contributed by atoms with E-state index >= 15 is 0 Å². The number of carbonyl (C=O) groups excluding carboxylic acids is 2. The van der Waals surface area contributed by atoms with Crippen LogP contribution in [0.3, 0.4) is 0 Å². The molecular weight excluding hydrogens is 379 g/mol. The van der Waals surface area contributed by atoms with E-state index in [0.717, 1.165) is 0 Å². The molecule has 26 heavy (non-hydrogen) atoms. The maximum absolute atomic E-state index is 12.6. The van der Waals surface area contributed by atoms with Crippen LogP contribution in [0.5, 0.6) is 5.75 Å². The number of nitrogens with one attached hydrogen (secondary N) is 2. The van der Waals surface area contributed by atoms with Crippen molar-refractivity contribution in [2.24, 2.45) is 0 Å². The van der Waals surface area contributed by atoms with Gasteiger partial charge in [-0.05, 0) is 44.9 Å². The number of hydrogen-bond acceptors (Lipinski definition) is 4. The summed E-state index contributed by atoms with van der Waals surface area (Å²) in [5.74, 6) is -0.138. The van der Waals surface area contributed by atoms with Crippen LogP contribution in [0.4, 0.5) is 4.79 Å². The Labute approximate surface area is 162 Å². The highest BCUT2D eigenvalue weighted by Gasteiger charge is 2.34. The van der Waals surface area contributed by atoms with Gasteiger partial charge in [-0.15, -0.1) is 0 Å². The number of ether oxygens (including phenoxy) is 2. The van der Waals surface area contributed by atoms with Crippen LogP contribution in [0.2, 0.25) is 10.0 Å². The van der Waals surface area contributed by atoms with Gasteiger partial charge in [0.1, 0.15) is 0 Å². The first kappa shape index (κ1) is 20.4. The number of amides is 2. The standard InChI is InChI=1S/C18H22Cl2N2O4/c1-5-13-14(17(23)26-9(3)4)15(22-18(24)21-13)10-7-11(19)16(25-6-2)12(20)8-10/h7-9,15H,5-6H2,1-4H3,(H2,21,22,24). The van der Waals surface area contributed by atoms with Crippen LogP contribution in [-0.4, -0.2) is 24.7 Å². The number of hydrogen-bond donors (Lipinski definition) is 2. The predicted octanol–water partition coefficient (Wildman–Crippen LogP) is 4.36. The van der Waals surface area contributed by atoms with Gasteiger partial charge in [0.05, 0.1) is 34.4 Å². The van der Waals surface area contributed by atoms with E-state index in [2.05, 4.69) is 10.6 Å². The lowest BCUT2D eigenvalue weighted by Gasteiger charge is -2.30. The van der Waals surface area contributed by atoms with Crippen molar-refractivity contribution in [2.45, 2.75) is 46.3 Å². The average Bonchev–Trinajstić information content (AvgIpc) is 2.56. The Morgan fingerprint density at radius 3 is 2.35 bits per heavy atom. The van der Waals surface area contributed by atoms with Gasteiger partial charge in [0, 0.05) is 5.70 Å². The molecular formula is C18H22Cl2N2O4. The molecule has 0 radical (unpaired) electrons. The van der Waals surface area contributed by atoms with E-state index in [1.807, 2.05) is 13.8 Å². The molecule has 1 aromatic rings. The second-order valence-corrected chi connectivity index (χ2v) is 6.79. The lowest BCUT2D eigenvalue weighted by Crippen LogP contribution is -2.46. The van der Waals surface area contributed by atoms with Crippen molar-refractivity contribution >= 4 is 35.2 Å². The van der Waals surface area contributed by atoms with Crippen molar-refractivity contribution < 1.29 is 19.1 Å². The van der Waals surface area contributed by atoms with Gasteiger partial charge in [-0.25, -0.2) is 9.59 Å². The molecule has 0 saturated carbocycles. The maximum Gasteiger partial charge on any atom is 0.338 e. The molecule has 1 unspecified atom stereocenters. The van der Waals surface area contributed by atoms with Gasteiger partial charge in [-0.1, -0.05) is 30.1 Å². The number of benzene rings is 1. The van der Waals surface area contributed by atoms with Gasteiger partial charge in [-0.2, -0.15) is 0 Å². The van der Waals surface area contributed by atoms with Crippen molar-refractivity contribution in [2.75, 3.05) is 6.61 Å².